The van der Waals surface area contributed by atoms with E-state index < -0.39 is 5.82 Å². The van der Waals surface area contributed by atoms with Crippen molar-refractivity contribution >= 4 is 17.3 Å². The van der Waals surface area contributed by atoms with E-state index in [1.54, 1.807) is 19.4 Å². The quantitative estimate of drug-likeness (QED) is 0.616. The third-order valence-electron chi connectivity index (χ3n) is 3.71. The SMILES string of the molecule is COc1ccn2c(Nc3ccc(F)cn3)c(-c3ccccn3)nc2c1. The van der Waals surface area contributed by atoms with E-state index in [2.05, 4.69) is 20.3 Å². The molecule has 0 bridgehead atoms. The van der Waals surface area contributed by atoms with Crippen molar-refractivity contribution in [1.29, 1.82) is 0 Å². The van der Waals surface area contributed by atoms with Crippen LogP contribution >= 0.6 is 0 Å². The lowest BCUT2D eigenvalue weighted by Crippen LogP contribution is -1.99. The Labute approximate surface area is 143 Å². The lowest BCUT2D eigenvalue weighted by molar-refractivity contribution is 0.414. The van der Waals surface area contributed by atoms with Crippen molar-refractivity contribution in [3.05, 3.63) is 66.9 Å². The van der Waals surface area contributed by atoms with Crippen molar-refractivity contribution in [2.75, 3.05) is 12.4 Å². The average molecular weight is 335 g/mol. The van der Waals surface area contributed by atoms with Gasteiger partial charge in [0.25, 0.3) is 0 Å². The molecule has 0 aliphatic carbocycles. The molecule has 0 aliphatic heterocycles. The van der Waals surface area contributed by atoms with Crippen LogP contribution in [0.25, 0.3) is 17.0 Å². The van der Waals surface area contributed by atoms with Crippen LogP contribution in [0.4, 0.5) is 16.0 Å². The van der Waals surface area contributed by atoms with Crippen LogP contribution in [0.15, 0.2) is 61.1 Å². The number of anilines is 2. The summed E-state index contributed by atoms with van der Waals surface area (Å²) in [4.78, 5) is 13.1. The molecule has 0 unspecified atom stereocenters. The molecule has 124 valence electrons. The van der Waals surface area contributed by atoms with Gasteiger partial charge in [-0.1, -0.05) is 6.07 Å². The van der Waals surface area contributed by atoms with E-state index in [-0.39, 0.29) is 0 Å². The molecule has 25 heavy (non-hydrogen) atoms. The van der Waals surface area contributed by atoms with E-state index in [1.165, 1.54) is 6.07 Å². The number of pyridine rings is 3. The lowest BCUT2D eigenvalue weighted by Gasteiger charge is -2.08. The summed E-state index contributed by atoms with van der Waals surface area (Å²) in [5, 5.41) is 3.20. The van der Waals surface area contributed by atoms with Crippen molar-refractivity contribution in [3.8, 4) is 17.1 Å². The molecular weight excluding hydrogens is 321 g/mol. The Bertz CT molecular complexity index is 1020. The van der Waals surface area contributed by atoms with Crippen LogP contribution in [0.2, 0.25) is 0 Å². The maximum Gasteiger partial charge on any atom is 0.146 e. The number of hydrogen-bond acceptors (Lipinski definition) is 5. The third-order valence-corrected chi connectivity index (χ3v) is 3.71. The Balaban J connectivity index is 1.88. The maximum atomic E-state index is 13.1. The minimum Gasteiger partial charge on any atom is -0.497 e. The van der Waals surface area contributed by atoms with Crippen LogP contribution in [-0.4, -0.2) is 26.5 Å². The molecule has 0 saturated carbocycles. The Morgan fingerprint density at radius 1 is 1.12 bits per heavy atom. The van der Waals surface area contributed by atoms with Gasteiger partial charge in [-0.2, -0.15) is 0 Å². The van der Waals surface area contributed by atoms with E-state index in [0.29, 0.717) is 28.7 Å². The topological polar surface area (TPSA) is 64.3 Å². The summed E-state index contributed by atoms with van der Waals surface area (Å²) in [6, 6.07) is 12.2. The summed E-state index contributed by atoms with van der Waals surface area (Å²) in [6.45, 7) is 0. The molecule has 0 aliphatic rings. The number of nitrogens with zero attached hydrogens (tertiary/aromatic N) is 4. The Kier molecular flexibility index (Phi) is 3.74. The number of fused-ring (bicyclic) bond motifs is 1. The van der Waals surface area contributed by atoms with Crippen LogP contribution in [0.3, 0.4) is 0 Å². The molecule has 4 aromatic rings. The molecule has 0 spiro atoms. The molecule has 1 N–H and O–H groups in total. The first-order valence-electron chi connectivity index (χ1n) is 7.60. The fourth-order valence-electron chi connectivity index (χ4n) is 2.52. The number of imidazole rings is 1. The summed E-state index contributed by atoms with van der Waals surface area (Å²) in [5.41, 5.74) is 2.08. The largest absolute Gasteiger partial charge is 0.497 e. The zero-order valence-corrected chi connectivity index (χ0v) is 13.3. The normalized spacial score (nSPS) is 10.8. The van der Waals surface area contributed by atoms with Crippen molar-refractivity contribution < 1.29 is 9.13 Å². The number of nitrogens with one attached hydrogen (secondary N) is 1. The number of methoxy groups -OCH3 is 1. The van der Waals surface area contributed by atoms with Gasteiger partial charge in [-0.05, 0) is 30.3 Å². The summed E-state index contributed by atoms with van der Waals surface area (Å²) >= 11 is 0. The van der Waals surface area contributed by atoms with Crippen LogP contribution in [0.1, 0.15) is 0 Å². The summed E-state index contributed by atoms with van der Waals surface area (Å²) in [6.07, 6.45) is 4.72. The second-order valence-electron chi connectivity index (χ2n) is 5.31. The van der Waals surface area contributed by atoms with Gasteiger partial charge in [0, 0.05) is 18.5 Å². The summed E-state index contributed by atoms with van der Waals surface area (Å²) in [7, 11) is 1.61. The van der Waals surface area contributed by atoms with E-state index in [0.717, 1.165) is 11.9 Å². The number of halogens is 1. The fourth-order valence-corrected chi connectivity index (χ4v) is 2.52. The number of hydrogen-bond donors (Lipinski definition) is 1. The van der Waals surface area contributed by atoms with Gasteiger partial charge in [0.15, 0.2) is 0 Å². The van der Waals surface area contributed by atoms with E-state index in [9.17, 15) is 4.39 Å². The molecule has 0 atom stereocenters. The molecular formula is C18H14FN5O. The molecule has 4 aromatic heterocycles. The molecule has 0 saturated heterocycles. The Morgan fingerprint density at radius 3 is 2.76 bits per heavy atom. The maximum absolute atomic E-state index is 13.1. The number of rotatable bonds is 4. The predicted octanol–water partition coefficient (Wildman–Crippen LogP) is 3.68. The minimum atomic E-state index is -0.390. The first-order chi connectivity index (χ1) is 12.2. The predicted molar refractivity (Wildman–Crippen MR) is 92.5 cm³/mol. The number of aromatic nitrogens is 4. The van der Waals surface area contributed by atoms with Crippen molar-refractivity contribution in [2.24, 2.45) is 0 Å². The first kappa shape index (κ1) is 15.1. The van der Waals surface area contributed by atoms with Crippen LogP contribution in [0, 0.1) is 5.82 Å². The molecule has 7 heteroatoms. The standard InChI is InChI=1S/C18H14FN5O/c1-25-13-7-9-24-16(10-13)23-17(14-4-2-3-8-20-14)18(24)22-15-6-5-12(19)11-21-15/h2-11H,1H3,(H,21,22). The zero-order chi connectivity index (χ0) is 17.2. The lowest BCUT2D eigenvalue weighted by atomic mass is 10.2. The number of ether oxygens (including phenoxy) is 1. The highest BCUT2D eigenvalue weighted by atomic mass is 19.1. The second kappa shape index (κ2) is 6.20. The zero-order valence-electron chi connectivity index (χ0n) is 13.3. The van der Waals surface area contributed by atoms with E-state index in [4.69, 9.17) is 4.74 Å². The minimum absolute atomic E-state index is 0.390. The Hall–Kier alpha value is -3.48. The smallest absolute Gasteiger partial charge is 0.146 e. The molecule has 0 fully saturated rings. The summed E-state index contributed by atoms with van der Waals surface area (Å²) < 4.78 is 20.3. The van der Waals surface area contributed by atoms with Gasteiger partial charge >= 0.3 is 0 Å². The van der Waals surface area contributed by atoms with Crippen LogP contribution in [-0.2, 0) is 0 Å². The van der Waals surface area contributed by atoms with Crippen molar-refractivity contribution in [3.63, 3.8) is 0 Å². The molecule has 0 radical (unpaired) electrons. The van der Waals surface area contributed by atoms with Crippen LogP contribution in [0.5, 0.6) is 5.75 Å². The highest BCUT2D eigenvalue weighted by molar-refractivity contribution is 5.77. The third kappa shape index (κ3) is 2.87. The van der Waals surface area contributed by atoms with Gasteiger partial charge in [0.2, 0.25) is 0 Å². The van der Waals surface area contributed by atoms with Crippen molar-refractivity contribution in [1.82, 2.24) is 19.4 Å². The van der Waals surface area contributed by atoms with Gasteiger partial charge in [0.05, 0.1) is 19.0 Å². The van der Waals surface area contributed by atoms with E-state index in [1.807, 2.05) is 40.9 Å². The monoisotopic (exact) mass is 335 g/mol. The molecule has 6 nitrogen and oxygen atoms in total. The highest BCUT2D eigenvalue weighted by Crippen LogP contribution is 2.30. The van der Waals surface area contributed by atoms with Gasteiger partial charge in [-0.15, -0.1) is 0 Å². The summed E-state index contributed by atoms with van der Waals surface area (Å²) in [5.74, 6) is 1.52. The first-order valence-corrected chi connectivity index (χ1v) is 7.60. The Morgan fingerprint density at radius 2 is 2.04 bits per heavy atom. The van der Waals surface area contributed by atoms with E-state index >= 15 is 0 Å². The van der Waals surface area contributed by atoms with Gasteiger partial charge in [-0.25, -0.2) is 14.4 Å². The molecule has 0 amide bonds. The van der Waals surface area contributed by atoms with Gasteiger partial charge in [0.1, 0.15) is 34.5 Å². The molecule has 4 rings (SSSR count). The molecule has 4 heterocycles. The highest BCUT2D eigenvalue weighted by Gasteiger charge is 2.16. The average Bonchev–Trinajstić information content (AvgIpc) is 3.02. The van der Waals surface area contributed by atoms with Gasteiger partial charge < -0.3 is 10.1 Å². The van der Waals surface area contributed by atoms with Gasteiger partial charge in [-0.3, -0.25) is 9.38 Å². The van der Waals surface area contributed by atoms with Crippen molar-refractivity contribution in [2.45, 2.75) is 0 Å². The molecule has 0 aromatic carbocycles. The second-order valence-corrected chi connectivity index (χ2v) is 5.31. The fraction of sp³-hybridized carbons (Fsp3) is 0.0556. The van der Waals surface area contributed by atoms with Crippen LogP contribution < -0.4 is 10.1 Å².